The number of halogens is 2. The Bertz CT molecular complexity index is 392. The lowest BCUT2D eigenvalue weighted by molar-refractivity contribution is -0.129. The number of amides is 1. The monoisotopic (exact) mass is 379 g/mol. The van der Waals surface area contributed by atoms with Gasteiger partial charge in [-0.15, -0.1) is 24.8 Å². The van der Waals surface area contributed by atoms with Gasteiger partial charge in [-0.3, -0.25) is 4.79 Å². The van der Waals surface area contributed by atoms with Crippen molar-refractivity contribution >= 4 is 30.7 Å². The minimum Gasteiger partial charge on any atom is -0.353 e. The van der Waals surface area contributed by atoms with Crippen LogP contribution >= 0.6 is 24.8 Å². The van der Waals surface area contributed by atoms with Crippen molar-refractivity contribution in [3.8, 4) is 0 Å². The molecule has 0 aromatic rings. The first-order valence-electron chi connectivity index (χ1n) is 9.39. The molecule has 0 spiro atoms. The second-order valence-corrected chi connectivity index (χ2v) is 8.06. The summed E-state index contributed by atoms with van der Waals surface area (Å²) in [6, 6.07) is 1.19. The van der Waals surface area contributed by atoms with Crippen molar-refractivity contribution in [1.82, 2.24) is 10.2 Å². The fraction of sp³-hybridized carbons (Fsp3) is 0.944. The molecular weight excluding hydrogens is 345 g/mol. The predicted molar refractivity (Wildman–Crippen MR) is 104 cm³/mol. The Morgan fingerprint density at radius 1 is 1.00 bits per heavy atom. The molecule has 1 aliphatic heterocycles. The Kier molecular flexibility index (Phi) is 8.81. The molecule has 0 bridgehead atoms. The highest BCUT2D eigenvalue weighted by atomic mass is 35.5. The third-order valence-electron chi connectivity index (χ3n) is 6.29. The van der Waals surface area contributed by atoms with Gasteiger partial charge in [0.2, 0.25) is 5.91 Å². The van der Waals surface area contributed by atoms with Crippen LogP contribution in [0.25, 0.3) is 0 Å². The third-order valence-corrected chi connectivity index (χ3v) is 6.29. The zero-order chi connectivity index (χ0) is 15.6. The minimum absolute atomic E-state index is 0. The highest BCUT2D eigenvalue weighted by Crippen LogP contribution is 2.32. The van der Waals surface area contributed by atoms with Crippen molar-refractivity contribution < 1.29 is 4.79 Å². The molecule has 2 aliphatic carbocycles. The SMILES string of the molecule is CC1(N)CCCCC1C(=O)NC1CCN(C2CCCC2)CC1.Cl.Cl. The molecule has 3 aliphatic rings. The Labute approximate surface area is 159 Å². The van der Waals surface area contributed by atoms with E-state index in [2.05, 4.69) is 17.1 Å². The van der Waals surface area contributed by atoms with Gasteiger partial charge in [0, 0.05) is 30.7 Å². The summed E-state index contributed by atoms with van der Waals surface area (Å²) in [7, 11) is 0. The topological polar surface area (TPSA) is 58.4 Å². The summed E-state index contributed by atoms with van der Waals surface area (Å²) in [5.41, 5.74) is 6.05. The molecule has 1 amide bonds. The molecule has 142 valence electrons. The van der Waals surface area contributed by atoms with Crippen LogP contribution in [-0.4, -0.2) is 41.5 Å². The van der Waals surface area contributed by atoms with Crippen molar-refractivity contribution in [2.45, 2.75) is 88.8 Å². The molecule has 2 atom stereocenters. The van der Waals surface area contributed by atoms with E-state index in [9.17, 15) is 4.79 Å². The van der Waals surface area contributed by atoms with E-state index < -0.39 is 0 Å². The van der Waals surface area contributed by atoms with Gasteiger partial charge >= 0.3 is 0 Å². The summed E-state index contributed by atoms with van der Waals surface area (Å²) in [6.45, 7) is 4.36. The fourth-order valence-electron chi connectivity index (χ4n) is 4.77. The number of nitrogens with two attached hydrogens (primary N) is 1. The van der Waals surface area contributed by atoms with Gasteiger partial charge in [-0.2, -0.15) is 0 Å². The molecule has 0 aromatic heterocycles. The van der Waals surface area contributed by atoms with Crippen LogP contribution in [0.3, 0.4) is 0 Å². The van der Waals surface area contributed by atoms with Crippen molar-refractivity contribution in [3.63, 3.8) is 0 Å². The van der Waals surface area contributed by atoms with Crippen LogP contribution in [-0.2, 0) is 4.79 Å². The van der Waals surface area contributed by atoms with Gasteiger partial charge in [0.05, 0.1) is 5.92 Å². The van der Waals surface area contributed by atoms with Crippen LogP contribution in [0.4, 0.5) is 0 Å². The molecule has 0 aromatic carbocycles. The summed E-state index contributed by atoms with van der Waals surface area (Å²) < 4.78 is 0. The Balaban J connectivity index is 0.00000144. The van der Waals surface area contributed by atoms with Crippen LogP contribution in [0.1, 0.15) is 71.1 Å². The summed E-state index contributed by atoms with van der Waals surface area (Å²) >= 11 is 0. The first-order chi connectivity index (χ1) is 10.6. The van der Waals surface area contributed by atoms with Crippen molar-refractivity contribution in [2.75, 3.05) is 13.1 Å². The number of piperidine rings is 1. The van der Waals surface area contributed by atoms with Crippen LogP contribution < -0.4 is 11.1 Å². The quantitative estimate of drug-likeness (QED) is 0.790. The Morgan fingerprint density at radius 2 is 1.58 bits per heavy atom. The molecule has 0 radical (unpaired) electrons. The summed E-state index contributed by atoms with van der Waals surface area (Å²) in [5.74, 6) is 0.220. The molecule has 2 unspecified atom stereocenters. The van der Waals surface area contributed by atoms with E-state index in [-0.39, 0.29) is 42.2 Å². The normalized spacial score (nSPS) is 32.7. The smallest absolute Gasteiger partial charge is 0.225 e. The summed E-state index contributed by atoms with van der Waals surface area (Å²) in [5, 5.41) is 3.31. The second kappa shape index (κ2) is 9.61. The van der Waals surface area contributed by atoms with Gasteiger partial charge < -0.3 is 16.0 Å². The minimum atomic E-state index is -0.313. The number of rotatable bonds is 3. The summed E-state index contributed by atoms with van der Waals surface area (Å²) in [4.78, 5) is 15.3. The van der Waals surface area contributed by atoms with Crippen LogP contribution in [0.2, 0.25) is 0 Å². The fourth-order valence-corrected chi connectivity index (χ4v) is 4.77. The standard InChI is InChI=1S/C18H33N3O.2ClH/c1-18(19)11-5-4-8-16(18)17(22)20-14-9-12-21(13-10-14)15-6-2-3-7-15;;/h14-16H,2-13,19H2,1H3,(H,20,22);2*1H. The molecule has 1 saturated heterocycles. The maximum absolute atomic E-state index is 12.6. The van der Waals surface area contributed by atoms with Crippen molar-refractivity contribution in [3.05, 3.63) is 0 Å². The van der Waals surface area contributed by atoms with E-state index in [0.29, 0.717) is 6.04 Å². The second-order valence-electron chi connectivity index (χ2n) is 8.06. The maximum Gasteiger partial charge on any atom is 0.225 e. The first kappa shape index (κ1) is 22.0. The lowest BCUT2D eigenvalue weighted by Gasteiger charge is -2.40. The number of carbonyl (C=O) groups excluding carboxylic acids is 1. The number of nitrogens with one attached hydrogen (secondary N) is 1. The zero-order valence-electron chi connectivity index (χ0n) is 15.0. The molecule has 3 fully saturated rings. The van der Waals surface area contributed by atoms with Gasteiger partial charge in [0.15, 0.2) is 0 Å². The third kappa shape index (κ3) is 5.23. The van der Waals surface area contributed by atoms with E-state index in [0.717, 1.165) is 57.7 Å². The highest BCUT2D eigenvalue weighted by Gasteiger charge is 2.38. The average Bonchev–Trinajstić information content (AvgIpc) is 3.01. The van der Waals surface area contributed by atoms with E-state index in [4.69, 9.17) is 5.73 Å². The molecule has 1 heterocycles. The van der Waals surface area contributed by atoms with Gasteiger partial charge in [0.25, 0.3) is 0 Å². The van der Waals surface area contributed by atoms with Crippen LogP contribution in [0.15, 0.2) is 0 Å². The molecule has 4 nitrogen and oxygen atoms in total. The Hall–Kier alpha value is -0.0300. The molecule has 24 heavy (non-hydrogen) atoms. The molecule has 2 saturated carbocycles. The number of carbonyl (C=O) groups is 1. The average molecular weight is 380 g/mol. The largest absolute Gasteiger partial charge is 0.353 e. The lowest BCUT2D eigenvalue weighted by Crippen LogP contribution is -2.55. The van der Waals surface area contributed by atoms with Gasteiger partial charge in [-0.1, -0.05) is 25.7 Å². The van der Waals surface area contributed by atoms with Crippen LogP contribution in [0.5, 0.6) is 0 Å². The molecule has 3 N–H and O–H groups in total. The number of hydrogen-bond donors (Lipinski definition) is 2. The van der Waals surface area contributed by atoms with Crippen LogP contribution in [0, 0.1) is 5.92 Å². The van der Waals surface area contributed by atoms with Gasteiger partial charge in [-0.05, 0) is 45.4 Å². The van der Waals surface area contributed by atoms with Crippen molar-refractivity contribution in [2.24, 2.45) is 11.7 Å². The zero-order valence-corrected chi connectivity index (χ0v) is 16.6. The Morgan fingerprint density at radius 3 is 2.17 bits per heavy atom. The first-order valence-corrected chi connectivity index (χ1v) is 9.39. The molecular formula is C18H35Cl2N3O. The van der Waals surface area contributed by atoms with E-state index in [1.165, 1.54) is 25.7 Å². The molecule has 6 heteroatoms. The van der Waals surface area contributed by atoms with Crippen molar-refractivity contribution in [1.29, 1.82) is 0 Å². The number of nitrogens with zero attached hydrogens (tertiary/aromatic N) is 1. The predicted octanol–water partition coefficient (Wildman–Crippen LogP) is 3.26. The van der Waals surface area contributed by atoms with Gasteiger partial charge in [0.1, 0.15) is 0 Å². The lowest BCUT2D eigenvalue weighted by atomic mass is 9.74. The maximum atomic E-state index is 12.6. The summed E-state index contributed by atoms with van der Waals surface area (Å²) in [6.07, 6.45) is 12.0. The van der Waals surface area contributed by atoms with E-state index in [1.807, 2.05) is 0 Å². The van der Waals surface area contributed by atoms with Gasteiger partial charge in [-0.25, -0.2) is 0 Å². The number of hydrogen-bond acceptors (Lipinski definition) is 3. The van der Waals surface area contributed by atoms with E-state index in [1.54, 1.807) is 0 Å². The number of likely N-dealkylation sites (tertiary alicyclic amines) is 1. The molecule has 3 rings (SSSR count). The van der Waals surface area contributed by atoms with E-state index >= 15 is 0 Å². The highest BCUT2D eigenvalue weighted by molar-refractivity contribution is 5.85.